The van der Waals surface area contributed by atoms with Crippen LogP contribution in [0.25, 0.3) is 0 Å². The quantitative estimate of drug-likeness (QED) is 0.786. The Morgan fingerprint density at radius 2 is 1.78 bits per heavy atom. The van der Waals surface area contributed by atoms with Gasteiger partial charge >= 0.3 is 0 Å². The van der Waals surface area contributed by atoms with Gasteiger partial charge in [0.1, 0.15) is 0 Å². The molecule has 2 rings (SSSR count). The standard InChI is InChI=1S/C16H21NS/c1-12(2)10-14-4-6-15(7-5-14)13(3)17-16-8-9-18-11-16/h4-9,11-13,17H,10H2,1-3H3. The van der Waals surface area contributed by atoms with Gasteiger partial charge in [0.15, 0.2) is 0 Å². The van der Waals surface area contributed by atoms with Crippen LogP contribution in [0, 0.1) is 5.92 Å². The fourth-order valence-corrected chi connectivity index (χ4v) is 2.69. The predicted octanol–water partition coefficient (Wildman–Crippen LogP) is 5.12. The Balaban J connectivity index is 2.00. The summed E-state index contributed by atoms with van der Waals surface area (Å²) in [6.45, 7) is 6.72. The molecular formula is C16H21NS. The third-order valence-corrected chi connectivity index (χ3v) is 3.71. The van der Waals surface area contributed by atoms with E-state index in [0.29, 0.717) is 6.04 Å². The van der Waals surface area contributed by atoms with Crippen molar-refractivity contribution < 1.29 is 0 Å². The van der Waals surface area contributed by atoms with Crippen molar-refractivity contribution in [3.63, 3.8) is 0 Å². The summed E-state index contributed by atoms with van der Waals surface area (Å²) < 4.78 is 0. The number of benzene rings is 1. The normalized spacial score (nSPS) is 12.7. The van der Waals surface area contributed by atoms with Gasteiger partial charge in [-0.1, -0.05) is 38.1 Å². The Morgan fingerprint density at radius 1 is 1.06 bits per heavy atom. The molecule has 1 aromatic heterocycles. The van der Waals surface area contributed by atoms with E-state index >= 15 is 0 Å². The highest BCUT2D eigenvalue weighted by Gasteiger charge is 2.06. The second kappa shape index (κ2) is 6.05. The van der Waals surface area contributed by atoms with Crippen molar-refractivity contribution in [2.45, 2.75) is 33.2 Å². The molecule has 96 valence electrons. The summed E-state index contributed by atoms with van der Waals surface area (Å²) in [4.78, 5) is 0. The van der Waals surface area contributed by atoms with Gasteiger partial charge in [-0.15, -0.1) is 0 Å². The van der Waals surface area contributed by atoms with Crippen molar-refractivity contribution in [2.75, 3.05) is 5.32 Å². The van der Waals surface area contributed by atoms with Crippen molar-refractivity contribution in [1.29, 1.82) is 0 Å². The topological polar surface area (TPSA) is 12.0 Å². The molecule has 1 heterocycles. The first kappa shape index (κ1) is 13.2. The van der Waals surface area contributed by atoms with Crippen LogP contribution in [0.4, 0.5) is 5.69 Å². The van der Waals surface area contributed by atoms with Gasteiger partial charge in [0, 0.05) is 17.1 Å². The van der Waals surface area contributed by atoms with Gasteiger partial charge in [0.05, 0.1) is 0 Å². The number of anilines is 1. The molecule has 1 unspecified atom stereocenters. The van der Waals surface area contributed by atoms with E-state index in [2.05, 4.69) is 67.2 Å². The highest BCUT2D eigenvalue weighted by molar-refractivity contribution is 7.08. The summed E-state index contributed by atoms with van der Waals surface area (Å²) in [7, 11) is 0. The summed E-state index contributed by atoms with van der Waals surface area (Å²) in [5.41, 5.74) is 3.98. The van der Waals surface area contributed by atoms with Gasteiger partial charge in [0.25, 0.3) is 0 Å². The zero-order valence-electron chi connectivity index (χ0n) is 11.3. The molecular weight excluding hydrogens is 238 g/mol. The highest BCUT2D eigenvalue weighted by Crippen LogP contribution is 2.21. The smallest absolute Gasteiger partial charge is 0.0485 e. The van der Waals surface area contributed by atoms with Gasteiger partial charge in [-0.3, -0.25) is 0 Å². The lowest BCUT2D eigenvalue weighted by molar-refractivity contribution is 0.647. The van der Waals surface area contributed by atoms with Crippen LogP contribution in [0.1, 0.15) is 37.9 Å². The zero-order valence-corrected chi connectivity index (χ0v) is 12.1. The SMILES string of the molecule is CC(C)Cc1ccc(C(C)Nc2ccsc2)cc1. The first-order valence-corrected chi connectivity index (χ1v) is 7.47. The molecule has 0 saturated carbocycles. The van der Waals surface area contributed by atoms with Crippen LogP contribution in [-0.4, -0.2) is 0 Å². The number of thiophene rings is 1. The van der Waals surface area contributed by atoms with E-state index in [0.717, 1.165) is 12.3 Å². The molecule has 0 radical (unpaired) electrons. The summed E-state index contributed by atoms with van der Waals surface area (Å²) in [5.74, 6) is 0.720. The van der Waals surface area contributed by atoms with Crippen LogP contribution in [0.2, 0.25) is 0 Å². The Labute approximate surface area is 114 Å². The number of rotatable bonds is 5. The average molecular weight is 259 g/mol. The molecule has 1 aromatic carbocycles. The van der Waals surface area contributed by atoms with Gasteiger partial charge in [-0.05, 0) is 41.8 Å². The highest BCUT2D eigenvalue weighted by atomic mass is 32.1. The maximum atomic E-state index is 3.51. The van der Waals surface area contributed by atoms with E-state index < -0.39 is 0 Å². The molecule has 0 amide bonds. The summed E-state index contributed by atoms with van der Waals surface area (Å²) in [6, 6.07) is 11.5. The van der Waals surface area contributed by atoms with Gasteiger partial charge in [0.2, 0.25) is 0 Å². The summed E-state index contributed by atoms with van der Waals surface area (Å²) in [5, 5.41) is 7.75. The van der Waals surface area contributed by atoms with E-state index in [9.17, 15) is 0 Å². The molecule has 2 heteroatoms. The van der Waals surface area contributed by atoms with Crippen molar-refractivity contribution >= 4 is 17.0 Å². The van der Waals surface area contributed by atoms with Gasteiger partial charge < -0.3 is 5.32 Å². The lowest BCUT2D eigenvalue weighted by atomic mass is 10.00. The average Bonchev–Trinajstić information content (AvgIpc) is 2.82. The van der Waals surface area contributed by atoms with E-state index in [-0.39, 0.29) is 0 Å². The molecule has 1 nitrogen and oxygen atoms in total. The molecule has 18 heavy (non-hydrogen) atoms. The minimum atomic E-state index is 0.354. The minimum absolute atomic E-state index is 0.354. The van der Waals surface area contributed by atoms with E-state index in [1.54, 1.807) is 11.3 Å². The number of nitrogens with one attached hydrogen (secondary N) is 1. The van der Waals surface area contributed by atoms with Crippen molar-refractivity contribution in [3.8, 4) is 0 Å². The first-order valence-electron chi connectivity index (χ1n) is 6.52. The first-order chi connectivity index (χ1) is 8.65. The van der Waals surface area contributed by atoms with Crippen molar-refractivity contribution in [1.82, 2.24) is 0 Å². The molecule has 0 aliphatic heterocycles. The molecule has 1 N–H and O–H groups in total. The van der Waals surface area contributed by atoms with Crippen LogP contribution in [-0.2, 0) is 6.42 Å². The summed E-state index contributed by atoms with van der Waals surface area (Å²) in [6.07, 6.45) is 1.16. The lowest BCUT2D eigenvalue weighted by Crippen LogP contribution is -2.06. The Morgan fingerprint density at radius 3 is 2.33 bits per heavy atom. The van der Waals surface area contributed by atoms with Crippen LogP contribution < -0.4 is 5.32 Å². The molecule has 0 spiro atoms. The Kier molecular flexibility index (Phi) is 4.43. The van der Waals surface area contributed by atoms with Crippen LogP contribution in [0.3, 0.4) is 0 Å². The maximum absolute atomic E-state index is 3.51. The van der Waals surface area contributed by atoms with Crippen LogP contribution in [0.15, 0.2) is 41.1 Å². The van der Waals surface area contributed by atoms with E-state index in [4.69, 9.17) is 0 Å². The molecule has 0 aliphatic carbocycles. The largest absolute Gasteiger partial charge is 0.378 e. The third kappa shape index (κ3) is 3.61. The second-order valence-corrected chi connectivity index (χ2v) is 6.00. The van der Waals surface area contributed by atoms with E-state index in [1.165, 1.54) is 16.8 Å². The fourth-order valence-electron chi connectivity index (χ4n) is 2.09. The van der Waals surface area contributed by atoms with Gasteiger partial charge in [-0.2, -0.15) is 11.3 Å². The fraction of sp³-hybridized carbons (Fsp3) is 0.375. The maximum Gasteiger partial charge on any atom is 0.0485 e. The van der Waals surface area contributed by atoms with Crippen molar-refractivity contribution in [3.05, 3.63) is 52.2 Å². The Hall–Kier alpha value is -1.28. The minimum Gasteiger partial charge on any atom is -0.378 e. The van der Waals surface area contributed by atoms with E-state index in [1.807, 2.05) is 0 Å². The number of hydrogen-bond donors (Lipinski definition) is 1. The number of hydrogen-bond acceptors (Lipinski definition) is 2. The zero-order chi connectivity index (χ0) is 13.0. The van der Waals surface area contributed by atoms with Crippen LogP contribution >= 0.6 is 11.3 Å². The third-order valence-electron chi connectivity index (χ3n) is 3.03. The molecule has 0 bridgehead atoms. The molecule has 1 atom stereocenters. The van der Waals surface area contributed by atoms with Crippen molar-refractivity contribution in [2.24, 2.45) is 5.92 Å². The molecule has 2 aromatic rings. The van der Waals surface area contributed by atoms with Gasteiger partial charge in [-0.25, -0.2) is 0 Å². The Bertz CT molecular complexity index is 456. The molecule has 0 aliphatic rings. The monoisotopic (exact) mass is 259 g/mol. The molecule has 0 fully saturated rings. The summed E-state index contributed by atoms with van der Waals surface area (Å²) >= 11 is 1.72. The van der Waals surface area contributed by atoms with Crippen LogP contribution in [0.5, 0.6) is 0 Å². The predicted molar refractivity (Wildman–Crippen MR) is 81.3 cm³/mol. The molecule has 0 saturated heterocycles. The lowest BCUT2D eigenvalue weighted by Gasteiger charge is -2.15. The second-order valence-electron chi connectivity index (χ2n) is 5.22.